The van der Waals surface area contributed by atoms with E-state index in [1.165, 1.54) is 0 Å². The maximum absolute atomic E-state index is 12.1. The first-order valence-corrected chi connectivity index (χ1v) is 8.71. The summed E-state index contributed by atoms with van der Waals surface area (Å²) in [7, 11) is 4.22. The molecule has 0 aliphatic carbocycles. The molecule has 6 nitrogen and oxygen atoms in total. The molecule has 1 amide bonds. The van der Waals surface area contributed by atoms with Crippen LogP contribution in [0.1, 0.15) is 18.7 Å². The van der Waals surface area contributed by atoms with Crippen molar-refractivity contribution in [3.05, 3.63) is 30.1 Å². The number of amides is 1. The number of hydrogen-bond donors (Lipinski definition) is 2. The number of aromatic nitrogens is 2. The first kappa shape index (κ1) is 16.9. The molecule has 3 rings (SSSR count). The van der Waals surface area contributed by atoms with E-state index in [1.807, 2.05) is 24.3 Å². The van der Waals surface area contributed by atoms with E-state index in [9.17, 15) is 4.79 Å². The molecule has 0 bridgehead atoms. The highest BCUT2D eigenvalue weighted by Gasteiger charge is 2.24. The van der Waals surface area contributed by atoms with Crippen LogP contribution in [0.15, 0.2) is 24.3 Å². The Bertz CT molecular complexity index is 650. The number of piperazine rings is 1. The number of imidazole rings is 1. The molecule has 2 heterocycles. The second-order valence-electron chi connectivity index (χ2n) is 6.75. The van der Waals surface area contributed by atoms with Crippen LogP contribution in [0.4, 0.5) is 0 Å². The van der Waals surface area contributed by atoms with Gasteiger partial charge in [0, 0.05) is 45.1 Å². The summed E-state index contributed by atoms with van der Waals surface area (Å²) >= 11 is 0. The molecule has 1 saturated heterocycles. The molecular formula is C18H27N5O. The van der Waals surface area contributed by atoms with Gasteiger partial charge in [-0.25, -0.2) is 4.98 Å². The number of aromatic amines is 1. The highest BCUT2D eigenvalue weighted by molar-refractivity contribution is 5.76. The van der Waals surface area contributed by atoms with Crippen molar-refractivity contribution in [1.29, 1.82) is 0 Å². The molecule has 0 radical (unpaired) electrons. The molecule has 2 aromatic rings. The standard InChI is InChI=1S/C18H27N5O/c1-22-10-11-23(2)14(13-22)12-18(24)19-9-5-8-17-20-15-6-3-4-7-16(15)21-17/h3-4,6-7,14H,5,8-13H2,1-2H3,(H,19,24)(H,20,21)/t14-/m0/s1. The summed E-state index contributed by atoms with van der Waals surface area (Å²) in [6.07, 6.45) is 2.32. The van der Waals surface area contributed by atoms with Crippen molar-refractivity contribution < 1.29 is 4.79 Å². The van der Waals surface area contributed by atoms with Crippen LogP contribution in [0.2, 0.25) is 0 Å². The average Bonchev–Trinajstić information content (AvgIpc) is 2.98. The number of rotatable bonds is 6. The van der Waals surface area contributed by atoms with E-state index >= 15 is 0 Å². The first-order chi connectivity index (χ1) is 11.6. The third-order valence-electron chi connectivity index (χ3n) is 4.75. The largest absolute Gasteiger partial charge is 0.356 e. The van der Waals surface area contributed by atoms with Crippen molar-refractivity contribution >= 4 is 16.9 Å². The smallest absolute Gasteiger partial charge is 0.221 e. The van der Waals surface area contributed by atoms with Gasteiger partial charge in [0.1, 0.15) is 5.82 Å². The van der Waals surface area contributed by atoms with Gasteiger partial charge in [-0.05, 0) is 32.6 Å². The van der Waals surface area contributed by atoms with Crippen LogP contribution in [0, 0.1) is 0 Å². The van der Waals surface area contributed by atoms with E-state index in [4.69, 9.17) is 0 Å². The molecule has 1 aromatic carbocycles. The molecule has 1 aliphatic heterocycles. The molecule has 0 spiro atoms. The zero-order valence-electron chi connectivity index (χ0n) is 14.6. The van der Waals surface area contributed by atoms with Crippen LogP contribution in [0.25, 0.3) is 11.0 Å². The maximum atomic E-state index is 12.1. The van der Waals surface area contributed by atoms with Crippen molar-refractivity contribution in [2.75, 3.05) is 40.3 Å². The van der Waals surface area contributed by atoms with Gasteiger partial charge in [0.2, 0.25) is 5.91 Å². The van der Waals surface area contributed by atoms with Gasteiger partial charge in [0.05, 0.1) is 11.0 Å². The average molecular weight is 329 g/mol. The summed E-state index contributed by atoms with van der Waals surface area (Å²) in [5.74, 6) is 1.13. The molecule has 24 heavy (non-hydrogen) atoms. The van der Waals surface area contributed by atoms with Crippen molar-refractivity contribution in [3.8, 4) is 0 Å². The molecule has 0 saturated carbocycles. The third-order valence-corrected chi connectivity index (χ3v) is 4.75. The van der Waals surface area contributed by atoms with E-state index in [0.29, 0.717) is 19.0 Å². The van der Waals surface area contributed by atoms with Crippen LogP contribution < -0.4 is 5.32 Å². The minimum absolute atomic E-state index is 0.145. The Morgan fingerprint density at radius 2 is 2.17 bits per heavy atom. The lowest BCUT2D eigenvalue weighted by Crippen LogP contribution is -2.51. The SMILES string of the molecule is CN1CCN(C)[C@@H](CC(=O)NCCCc2nc3ccccc3[nH]2)C1. The first-order valence-electron chi connectivity index (χ1n) is 8.71. The highest BCUT2D eigenvalue weighted by Crippen LogP contribution is 2.11. The lowest BCUT2D eigenvalue weighted by atomic mass is 10.1. The normalized spacial score (nSPS) is 19.7. The Labute approximate surface area is 143 Å². The number of nitrogens with zero attached hydrogens (tertiary/aromatic N) is 3. The van der Waals surface area contributed by atoms with E-state index in [0.717, 1.165) is 49.3 Å². The lowest BCUT2D eigenvalue weighted by Gasteiger charge is -2.37. The molecule has 1 aromatic heterocycles. The fraction of sp³-hybridized carbons (Fsp3) is 0.556. The van der Waals surface area contributed by atoms with Crippen LogP contribution in [-0.4, -0.2) is 72.0 Å². The highest BCUT2D eigenvalue weighted by atomic mass is 16.1. The Morgan fingerprint density at radius 1 is 1.33 bits per heavy atom. The maximum Gasteiger partial charge on any atom is 0.221 e. The van der Waals surface area contributed by atoms with Crippen molar-refractivity contribution in [1.82, 2.24) is 25.1 Å². The lowest BCUT2D eigenvalue weighted by molar-refractivity contribution is -0.122. The molecule has 1 atom stereocenters. The van der Waals surface area contributed by atoms with E-state index < -0.39 is 0 Å². The number of likely N-dealkylation sites (N-methyl/N-ethyl adjacent to an activating group) is 2. The zero-order valence-corrected chi connectivity index (χ0v) is 14.6. The fourth-order valence-corrected chi connectivity index (χ4v) is 3.22. The van der Waals surface area contributed by atoms with Gasteiger partial charge < -0.3 is 20.1 Å². The topological polar surface area (TPSA) is 64.3 Å². The number of hydrogen-bond acceptors (Lipinski definition) is 4. The summed E-state index contributed by atoms with van der Waals surface area (Å²) < 4.78 is 0. The Hall–Kier alpha value is -1.92. The van der Waals surface area contributed by atoms with Crippen LogP contribution in [-0.2, 0) is 11.2 Å². The van der Waals surface area contributed by atoms with E-state index in [-0.39, 0.29) is 5.91 Å². The second-order valence-corrected chi connectivity index (χ2v) is 6.75. The predicted octanol–water partition coefficient (Wildman–Crippen LogP) is 1.25. The summed E-state index contributed by atoms with van der Waals surface area (Å²) in [5.41, 5.74) is 2.07. The number of para-hydroxylation sites is 2. The Kier molecular flexibility index (Phi) is 5.48. The molecule has 0 unspecified atom stereocenters. The van der Waals surface area contributed by atoms with Crippen LogP contribution in [0.3, 0.4) is 0 Å². The van der Waals surface area contributed by atoms with Crippen LogP contribution >= 0.6 is 0 Å². The minimum atomic E-state index is 0.145. The summed E-state index contributed by atoms with van der Waals surface area (Å²) in [6.45, 7) is 3.76. The Morgan fingerprint density at radius 3 is 3.00 bits per heavy atom. The third kappa shape index (κ3) is 4.33. The van der Waals surface area contributed by atoms with Gasteiger partial charge >= 0.3 is 0 Å². The second kappa shape index (κ2) is 7.77. The molecule has 1 aliphatic rings. The van der Waals surface area contributed by atoms with Gasteiger partial charge in [-0.15, -0.1) is 0 Å². The molecule has 2 N–H and O–H groups in total. The summed E-state index contributed by atoms with van der Waals surface area (Å²) in [5, 5.41) is 3.04. The van der Waals surface area contributed by atoms with Crippen LogP contribution in [0.5, 0.6) is 0 Å². The van der Waals surface area contributed by atoms with Gasteiger partial charge in [-0.3, -0.25) is 4.79 Å². The van der Waals surface area contributed by atoms with Gasteiger partial charge in [-0.1, -0.05) is 12.1 Å². The zero-order chi connectivity index (χ0) is 16.9. The molecular weight excluding hydrogens is 302 g/mol. The van der Waals surface area contributed by atoms with Gasteiger partial charge in [0.15, 0.2) is 0 Å². The minimum Gasteiger partial charge on any atom is -0.356 e. The van der Waals surface area contributed by atoms with E-state index in [1.54, 1.807) is 0 Å². The van der Waals surface area contributed by atoms with Crippen molar-refractivity contribution in [2.45, 2.75) is 25.3 Å². The number of fused-ring (bicyclic) bond motifs is 1. The fourth-order valence-electron chi connectivity index (χ4n) is 3.22. The predicted molar refractivity (Wildman–Crippen MR) is 96.0 cm³/mol. The molecule has 130 valence electrons. The molecule has 6 heteroatoms. The quantitative estimate of drug-likeness (QED) is 0.783. The summed E-state index contributed by atoms with van der Waals surface area (Å²) in [6, 6.07) is 8.36. The number of aryl methyl sites for hydroxylation is 1. The number of benzene rings is 1. The van der Waals surface area contributed by atoms with Crippen molar-refractivity contribution in [2.24, 2.45) is 0 Å². The Balaban J connectivity index is 1.39. The molecule has 1 fully saturated rings. The number of carbonyl (C=O) groups excluding carboxylic acids is 1. The number of H-pyrrole nitrogens is 1. The summed E-state index contributed by atoms with van der Waals surface area (Å²) in [4.78, 5) is 24.6. The van der Waals surface area contributed by atoms with Gasteiger partial charge in [-0.2, -0.15) is 0 Å². The number of nitrogens with one attached hydrogen (secondary N) is 2. The van der Waals surface area contributed by atoms with E-state index in [2.05, 4.69) is 39.2 Å². The number of carbonyl (C=O) groups is 1. The monoisotopic (exact) mass is 329 g/mol. The van der Waals surface area contributed by atoms with Gasteiger partial charge in [0.25, 0.3) is 0 Å². The van der Waals surface area contributed by atoms with Crippen molar-refractivity contribution in [3.63, 3.8) is 0 Å².